The third-order valence-corrected chi connectivity index (χ3v) is 8.88. The Kier molecular flexibility index (Phi) is 9.91. The normalized spacial score (nSPS) is 19.5. The van der Waals surface area contributed by atoms with Gasteiger partial charge < -0.3 is 15.0 Å². The van der Waals surface area contributed by atoms with E-state index in [1.54, 1.807) is 4.90 Å². The number of carbonyl (C=O) groups excluding carboxylic acids is 2. The lowest BCUT2D eigenvalue weighted by molar-refractivity contribution is 0.0221. The van der Waals surface area contributed by atoms with Crippen molar-refractivity contribution in [2.45, 2.75) is 50.9 Å². The molecule has 1 N–H and O–H groups in total. The zero-order chi connectivity index (χ0) is 30.7. The van der Waals surface area contributed by atoms with Crippen LogP contribution in [0.5, 0.6) is 0 Å². The van der Waals surface area contributed by atoms with Crippen molar-refractivity contribution in [1.82, 2.24) is 20.0 Å². The molecule has 228 valence electrons. The number of amides is 3. The number of hydrogen-bond acceptors (Lipinski definition) is 4. The molecule has 0 bridgehead atoms. The topological polar surface area (TPSA) is 65.1 Å². The van der Waals surface area contributed by atoms with E-state index in [4.69, 9.17) is 27.9 Å². The molecule has 0 saturated carbocycles. The van der Waals surface area contributed by atoms with Crippen molar-refractivity contribution in [2.75, 3.05) is 32.7 Å². The molecular formula is C33H37BrCl2N4O3. The van der Waals surface area contributed by atoms with Crippen LogP contribution in [0, 0.1) is 0 Å². The van der Waals surface area contributed by atoms with Crippen LogP contribution >= 0.6 is 39.1 Å². The molecule has 2 unspecified atom stereocenters. The van der Waals surface area contributed by atoms with Gasteiger partial charge in [-0.15, -0.1) is 0 Å². The van der Waals surface area contributed by atoms with Crippen molar-refractivity contribution in [2.24, 2.45) is 0 Å². The van der Waals surface area contributed by atoms with E-state index in [-0.39, 0.29) is 30.2 Å². The Hall–Kier alpha value is -2.78. The first-order valence-corrected chi connectivity index (χ1v) is 16.1. The molecule has 3 aromatic rings. The molecule has 43 heavy (non-hydrogen) atoms. The summed E-state index contributed by atoms with van der Waals surface area (Å²) in [5, 5.41) is 4.60. The van der Waals surface area contributed by atoms with Crippen LogP contribution in [0.1, 0.15) is 56.0 Å². The van der Waals surface area contributed by atoms with Crippen LogP contribution in [0.3, 0.4) is 0 Å². The molecule has 2 saturated heterocycles. The number of nitrogens with zero attached hydrogens (tertiary/aromatic N) is 3. The van der Waals surface area contributed by atoms with Gasteiger partial charge in [0.2, 0.25) is 0 Å². The molecule has 3 amide bonds. The second kappa shape index (κ2) is 13.5. The van der Waals surface area contributed by atoms with Gasteiger partial charge in [-0.3, -0.25) is 9.80 Å². The molecule has 3 aromatic carbocycles. The zero-order valence-corrected chi connectivity index (χ0v) is 27.7. The monoisotopic (exact) mass is 686 g/mol. The maximum Gasteiger partial charge on any atom is 0.410 e. The summed E-state index contributed by atoms with van der Waals surface area (Å²) in [6.45, 7) is 8.55. The van der Waals surface area contributed by atoms with Crippen LogP contribution in [0.25, 0.3) is 0 Å². The number of nitrogens with one attached hydrogen (secondary N) is 1. The van der Waals surface area contributed by atoms with E-state index in [2.05, 4.69) is 50.4 Å². The Balaban J connectivity index is 1.25. The van der Waals surface area contributed by atoms with Crippen molar-refractivity contribution in [1.29, 1.82) is 0 Å². The van der Waals surface area contributed by atoms with Gasteiger partial charge in [-0.25, -0.2) is 9.59 Å². The molecular weight excluding hydrogens is 651 g/mol. The predicted molar refractivity (Wildman–Crippen MR) is 175 cm³/mol. The van der Waals surface area contributed by atoms with E-state index in [9.17, 15) is 9.59 Å². The molecule has 2 aliphatic rings. The lowest BCUT2D eigenvalue weighted by atomic mass is 9.96. The van der Waals surface area contributed by atoms with Crippen LogP contribution in [0.15, 0.2) is 77.3 Å². The van der Waals surface area contributed by atoms with Crippen molar-refractivity contribution in [3.63, 3.8) is 0 Å². The SMILES string of the molecule is CC(C)(C)OC(=O)N1CC(NC(=O)N2CCN(C(c3ccc(Cl)cc3)c3ccc(Cl)cc3)CC2)CC1c1ccc(Br)cc1. The van der Waals surface area contributed by atoms with E-state index < -0.39 is 5.60 Å². The van der Waals surface area contributed by atoms with E-state index in [0.29, 0.717) is 49.2 Å². The number of rotatable bonds is 5. The van der Waals surface area contributed by atoms with Crippen LogP contribution < -0.4 is 5.32 Å². The molecule has 10 heteroatoms. The highest BCUT2D eigenvalue weighted by Gasteiger charge is 2.40. The molecule has 0 aliphatic carbocycles. The average molecular weight is 688 g/mol. The highest BCUT2D eigenvalue weighted by atomic mass is 79.9. The average Bonchev–Trinajstić information content (AvgIpc) is 3.39. The Morgan fingerprint density at radius 3 is 1.91 bits per heavy atom. The quantitative estimate of drug-likeness (QED) is 0.296. The first kappa shape index (κ1) is 31.6. The van der Waals surface area contributed by atoms with Gasteiger partial charge in [0.05, 0.1) is 18.1 Å². The minimum Gasteiger partial charge on any atom is -0.444 e. The second-order valence-corrected chi connectivity index (χ2v) is 13.9. The molecule has 7 nitrogen and oxygen atoms in total. The van der Waals surface area contributed by atoms with Gasteiger partial charge >= 0.3 is 12.1 Å². The summed E-state index contributed by atoms with van der Waals surface area (Å²) in [6, 6.07) is 23.3. The number of ether oxygens (including phenoxy) is 1. The third-order valence-electron chi connectivity index (χ3n) is 7.85. The number of piperazine rings is 1. The Bertz CT molecular complexity index is 1360. The maximum absolute atomic E-state index is 13.5. The number of likely N-dealkylation sites (tertiary alicyclic amines) is 1. The van der Waals surface area contributed by atoms with Crippen LogP contribution in [0.4, 0.5) is 9.59 Å². The Labute approximate surface area is 272 Å². The van der Waals surface area contributed by atoms with Crippen molar-refractivity contribution >= 4 is 51.3 Å². The molecule has 0 spiro atoms. The second-order valence-electron chi connectivity index (χ2n) is 12.1. The molecule has 5 rings (SSSR count). The van der Waals surface area contributed by atoms with E-state index in [1.165, 1.54) is 0 Å². The number of hydrogen-bond donors (Lipinski definition) is 1. The predicted octanol–water partition coefficient (Wildman–Crippen LogP) is 7.92. The molecule has 2 aliphatic heterocycles. The largest absolute Gasteiger partial charge is 0.444 e. The molecule has 0 aromatic heterocycles. The maximum atomic E-state index is 13.5. The summed E-state index contributed by atoms with van der Waals surface area (Å²) in [4.78, 5) is 32.6. The van der Waals surface area contributed by atoms with Crippen LogP contribution in [-0.2, 0) is 4.74 Å². The van der Waals surface area contributed by atoms with Crippen molar-refractivity contribution in [3.8, 4) is 0 Å². The molecule has 2 fully saturated rings. The van der Waals surface area contributed by atoms with Crippen molar-refractivity contribution in [3.05, 3.63) is 104 Å². The standard InChI is InChI=1S/C33H37BrCl2N4O3/c1-33(2,3)43-32(42)40-21-28(20-29(40)22-4-10-25(34)11-5-22)37-31(41)39-18-16-38(17-19-39)30(23-6-12-26(35)13-7-23)24-8-14-27(36)15-9-24/h4-15,28-30H,16-21H2,1-3H3,(H,37,41). The summed E-state index contributed by atoms with van der Waals surface area (Å²) >= 11 is 15.9. The highest BCUT2D eigenvalue weighted by Crippen LogP contribution is 2.35. The van der Waals surface area contributed by atoms with E-state index >= 15 is 0 Å². The van der Waals surface area contributed by atoms with Gasteiger partial charge in [-0.05, 0) is 80.3 Å². The van der Waals surface area contributed by atoms with Crippen LogP contribution in [-0.4, -0.2) is 71.2 Å². The first-order valence-electron chi connectivity index (χ1n) is 14.5. The number of benzene rings is 3. The lowest BCUT2D eigenvalue weighted by Crippen LogP contribution is -2.54. The number of carbonyl (C=O) groups is 2. The smallest absolute Gasteiger partial charge is 0.410 e. The van der Waals surface area contributed by atoms with Gasteiger partial charge in [0, 0.05) is 47.2 Å². The molecule has 0 radical (unpaired) electrons. The van der Waals surface area contributed by atoms with E-state index in [1.807, 2.05) is 74.2 Å². The number of urea groups is 1. The Morgan fingerprint density at radius 2 is 1.40 bits per heavy atom. The summed E-state index contributed by atoms with van der Waals surface area (Å²) < 4.78 is 6.69. The lowest BCUT2D eigenvalue weighted by Gasteiger charge is -2.40. The Morgan fingerprint density at radius 1 is 0.860 bits per heavy atom. The third kappa shape index (κ3) is 8.04. The summed E-state index contributed by atoms with van der Waals surface area (Å²) in [6.07, 6.45) is 0.239. The van der Waals surface area contributed by atoms with E-state index in [0.717, 1.165) is 21.2 Å². The fraction of sp³-hybridized carbons (Fsp3) is 0.394. The summed E-state index contributed by atoms with van der Waals surface area (Å²) in [5.41, 5.74) is 2.67. The fourth-order valence-electron chi connectivity index (χ4n) is 5.82. The minimum atomic E-state index is -0.613. The molecule has 2 atom stereocenters. The first-order chi connectivity index (χ1) is 20.5. The van der Waals surface area contributed by atoms with Gasteiger partial charge in [0.15, 0.2) is 0 Å². The van der Waals surface area contributed by atoms with Gasteiger partial charge in [0.25, 0.3) is 0 Å². The summed E-state index contributed by atoms with van der Waals surface area (Å²) in [7, 11) is 0. The van der Waals surface area contributed by atoms with Gasteiger partial charge in [-0.1, -0.05) is 75.5 Å². The fourth-order valence-corrected chi connectivity index (χ4v) is 6.33. The number of halogens is 3. The zero-order valence-electron chi connectivity index (χ0n) is 24.6. The van der Waals surface area contributed by atoms with Crippen molar-refractivity contribution < 1.29 is 14.3 Å². The molecule has 2 heterocycles. The highest BCUT2D eigenvalue weighted by molar-refractivity contribution is 9.10. The van der Waals surface area contributed by atoms with Crippen LogP contribution in [0.2, 0.25) is 10.0 Å². The van der Waals surface area contributed by atoms with Gasteiger partial charge in [-0.2, -0.15) is 0 Å². The summed E-state index contributed by atoms with van der Waals surface area (Å²) in [5.74, 6) is 0. The minimum absolute atomic E-state index is 0.0173. The van der Waals surface area contributed by atoms with Gasteiger partial charge in [0.1, 0.15) is 5.60 Å².